The first-order chi connectivity index (χ1) is 9.02. The molecule has 0 fully saturated rings. The Labute approximate surface area is 133 Å². The Morgan fingerprint density at radius 3 is 2.63 bits per heavy atom. The Morgan fingerprint density at radius 1 is 1.26 bits per heavy atom. The summed E-state index contributed by atoms with van der Waals surface area (Å²) in [7, 11) is 0. The zero-order valence-corrected chi connectivity index (χ0v) is 14.0. The minimum atomic E-state index is -0.207. The van der Waals surface area contributed by atoms with Crippen LogP contribution in [0, 0.1) is 16.3 Å². The van der Waals surface area contributed by atoms with E-state index in [1.54, 1.807) is 13.0 Å². The smallest absolute Gasteiger partial charge is 0.126 e. The summed E-state index contributed by atoms with van der Waals surface area (Å²) in [6.45, 7) is 1.75. The molecule has 0 spiro atoms. The first kappa shape index (κ1) is 14.9. The Hall–Kier alpha value is -0.500. The van der Waals surface area contributed by atoms with Gasteiger partial charge in [0, 0.05) is 8.04 Å². The van der Waals surface area contributed by atoms with E-state index in [0.717, 1.165) is 19.2 Å². The molecule has 2 rings (SSSR count). The van der Waals surface area contributed by atoms with Gasteiger partial charge in [0.1, 0.15) is 5.82 Å². The molecule has 0 radical (unpaired) electrons. The molecule has 0 amide bonds. The summed E-state index contributed by atoms with van der Waals surface area (Å²) < 4.78 is 15.4. The van der Waals surface area contributed by atoms with E-state index < -0.39 is 0 Å². The fraction of sp³-hybridized carbons (Fsp3) is 0.143. The van der Waals surface area contributed by atoms with Crippen LogP contribution < -0.4 is 11.3 Å². The number of hydrazine groups is 1. The maximum absolute atomic E-state index is 13.3. The molecule has 5 heteroatoms. The van der Waals surface area contributed by atoms with Crippen LogP contribution in [-0.2, 0) is 0 Å². The van der Waals surface area contributed by atoms with Crippen LogP contribution in [-0.4, -0.2) is 0 Å². The van der Waals surface area contributed by atoms with E-state index >= 15 is 0 Å². The lowest BCUT2D eigenvalue weighted by Crippen LogP contribution is -2.29. The van der Waals surface area contributed by atoms with Gasteiger partial charge >= 0.3 is 0 Å². The molecule has 100 valence electrons. The van der Waals surface area contributed by atoms with Gasteiger partial charge in [0.2, 0.25) is 0 Å². The largest absolute Gasteiger partial charge is 0.271 e. The van der Waals surface area contributed by atoms with Crippen molar-refractivity contribution >= 4 is 38.5 Å². The summed E-state index contributed by atoms with van der Waals surface area (Å²) >= 11 is 5.78. The van der Waals surface area contributed by atoms with Crippen LogP contribution in [0.2, 0.25) is 0 Å². The highest BCUT2D eigenvalue weighted by Crippen LogP contribution is 2.30. The lowest BCUT2D eigenvalue weighted by atomic mass is 9.98. The SMILES string of the molecule is Cc1cc(C(NN)c2cc(I)ccc2Br)ccc1F. The highest BCUT2D eigenvalue weighted by Gasteiger charge is 2.16. The molecule has 19 heavy (non-hydrogen) atoms. The molecule has 0 heterocycles. The van der Waals surface area contributed by atoms with Crippen LogP contribution >= 0.6 is 38.5 Å². The van der Waals surface area contributed by atoms with Gasteiger partial charge in [0.15, 0.2) is 0 Å². The number of rotatable bonds is 3. The third-order valence-electron chi connectivity index (χ3n) is 2.95. The number of halogens is 3. The maximum atomic E-state index is 13.3. The highest BCUT2D eigenvalue weighted by molar-refractivity contribution is 14.1. The van der Waals surface area contributed by atoms with Crippen LogP contribution in [0.4, 0.5) is 4.39 Å². The van der Waals surface area contributed by atoms with Gasteiger partial charge in [-0.2, -0.15) is 0 Å². The van der Waals surface area contributed by atoms with Gasteiger partial charge in [0.05, 0.1) is 6.04 Å². The van der Waals surface area contributed by atoms with Crippen molar-refractivity contribution in [1.82, 2.24) is 5.43 Å². The number of benzene rings is 2. The molecule has 0 aliphatic heterocycles. The summed E-state index contributed by atoms with van der Waals surface area (Å²) in [4.78, 5) is 0. The van der Waals surface area contributed by atoms with Crippen LogP contribution in [0.25, 0.3) is 0 Å². The molecule has 0 bridgehead atoms. The fourth-order valence-electron chi connectivity index (χ4n) is 1.95. The van der Waals surface area contributed by atoms with Crippen molar-refractivity contribution in [2.45, 2.75) is 13.0 Å². The van der Waals surface area contributed by atoms with E-state index in [9.17, 15) is 4.39 Å². The fourth-order valence-corrected chi connectivity index (χ4v) is 2.94. The van der Waals surface area contributed by atoms with Gasteiger partial charge in [-0.3, -0.25) is 5.84 Å². The number of hydrogen-bond donors (Lipinski definition) is 2. The molecule has 0 aliphatic carbocycles. The van der Waals surface area contributed by atoms with Crippen LogP contribution in [0.15, 0.2) is 40.9 Å². The molecule has 1 atom stereocenters. The second-order valence-corrected chi connectivity index (χ2v) is 6.37. The van der Waals surface area contributed by atoms with Crippen molar-refractivity contribution in [3.8, 4) is 0 Å². The third kappa shape index (κ3) is 3.34. The Kier molecular flexibility index (Phi) is 4.94. The maximum Gasteiger partial charge on any atom is 0.126 e. The number of hydrogen-bond acceptors (Lipinski definition) is 2. The molecule has 0 saturated carbocycles. The Bertz CT molecular complexity index is 604. The van der Waals surface area contributed by atoms with Crippen molar-refractivity contribution in [3.05, 3.63) is 66.9 Å². The average molecular weight is 435 g/mol. The van der Waals surface area contributed by atoms with E-state index in [0.29, 0.717) is 5.56 Å². The van der Waals surface area contributed by atoms with Gasteiger partial charge < -0.3 is 0 Å². The predicted molar refractivity (Wildman–Crippen MR) is 87.2 cm³/mol. The second-order valence-electron chi connectivity index (χ2n) is 4.27. The van der Waals surface area contributed by atoms with E-state index in [1.165, 1.54) is 6.07 Å². The van der Waals surface area contributed by atoms with Crippen molar-refractivity contribution in [3.63, 3.8) is 0 Å². The van der Waals surface area contributed by atoms with E-state index in [2.05, 4.69) is 43.9 Å². The third-order valence-corrected chi connectivity index (χ3v) is 4.34. The Morgan fingerprint density at radius 2 is 2.00 bits per heavy atom. The van der Waals surface area contributed by atoms with Gasteiger partial charge in [-0.25, -0.2) is 9.82 Å². The van der Waals surface area contributed by atoms with E-state index in [1.807, 2.05) is 24.3 Å². The van der Waals surface area contributed by atoms with Crippen molar-refractivity contribution in [2.75, 3.05) is 0 Å². The zero-order valence-electron chi connectivity index (χ0n) is 10.3. The van der Waals surface area contributed by atoms with Gasteiger partial charge in [-0.05, 0) is 70.5 Å². The topological polar surface area (TPSA) is 38.0 Å². The predicted octanol–water partition coefficient (Wildman–Crippen LogP) is 4.05. The van der Waals surface area contributed by atoms with Crippen LogP contribution in [0.3, 0.4) is 0 Å². The summed E-state index contributed by atoms with van der Waals surface area (Å²) in [5.41, 5.74) is 5.37. The standard InChI is InChI=1S/C14H13BrFIN2/c1-8-6-9(2-5-13(8)16)14(19-18)11-7-10(17)3-4-12(11)15/h2-7,14,19H,18H2,1H3. The number of nitrogens with one attached hydrogen (secondary N) is 1. The summed E-state index contributed by atoms with van der Waals surface area (Å²) in [5, 5.41) is 0. The minimum absolute atomic E-state index is 0.177. The zero-order chi connectivity index (χ0) is 14.0. The van der Waals surface area contributed by atoms with Gasteiger partial charge in [0.25, 0.3) is 0 Å². The van der Waals surface area contributed by atoms with Crippen molar-refractivity contribution in [1.29, 1.82) is 0 Å². The molecule has 2 aromatic rings. The summed E-state index contributed by atoms with van der Waals surface area (Å²) in [6.07, 6.45) is 0. The molecular formula is C14H13BrFIN2. The first-order valence-corrected chi connectivity index (χ1v) is 7.57. The lowest BCUT2D eigenvalue weighted by molar-refractivity contribution is 0.607. The normalized spacial score (nSPS) is 12.5. The quantitative estimate of drug-likeness (QED) is 0.434. The molecule has 0 aliphatic rings. The van der Waals surface area contributed by atoms with Crippen LogP contribution in [0.1, 0.15) is 22.7 Å². The van der Waals surface area contributed by atoms with Crippen molar-refractivity contribution in [2.24, 2.45) is 5.84 Å². The molecule has 1 unspecified atom stereocenters. The summed E-state index contributed by atoms with van der Waals surface area (Å²) in [6, 6.07) is 10.9. The van der Waals surface area contributed by atoms with Gasteiger partial charge in [-0.15, -0.1) is 0 Å². The lowest BCUT2D eigenvalue weighted by Gasteiger charge is -2.19. The molecule has 2 aromatic carbocycles. The Balaban J connectivity index is 2.49. The first-order valence-electron chi connectivity index (χ1n) is 5.70. The summed E-state index contributed by atoms with van der Waals surface area (Å²) in [5.74, 6) is 5.47. The monoisotopic (exact) mass is 434 g/mol. The molecule has 0 aromatic heterocycles. The number of nitrogens with two attached hydrogens (primary N) is 1. The van der Waals surface area contributed by atoms with Gasteiger partial charge in [-0.1, -0.05) is 28.1 Å². The molecule has 2 nitrogen and oxygen atoms in total. The second kappa shape index (κ2) is 6.30. The molecule has 3 N–H and O–H groups in total. The molecule has 0 saturated heterocycles. The average Bonchev–Trinajstić information content (AvgIpc) is 2.38. The van der Waals surface area contributed by atoms with Crippen LogP contribution in [0.5, 0.6) is 0 Å². The highest BCUT2D eigenvalue weighted by atomic mass is 127. The number of aryl methyl sites for hydroxylation is 1. The van der Waals surface area contributed by atoms with E-state index in [-0.39, 0.29) is 11.9 Å². The van der Waals surface area contributed by atoms with Crippen molar-refractivity contribution < 1.29 is 4.39 Å². The minimum Gasteiger partial charge on any atom is -0.271 e. The van der Waals surface area contributed by atoms with E-state index in [4.69, 9.17) is 5.84 Å². The molecular weight excluding hydrogens is 422 g/mol.